The van der Waals surface area contributed by atoms with E-state index in [-0.39, 0.29) is 17.1 Å². The molecule has 1 heterocycles. The molecule has 2 N–H and O–H groups in total. The van der Waals surface area contributed by atoms with Gasteiger partial charge in [-0.15, -0.1) is 0 Å². The third-order valence-electron chi connectivity index (χ3n) is 2.45. The summed E-state index contributed by atoms with van der Waals surface area (Å²) in [6.45, 7) is 1.73. The Morgan fingerprint density at radius 1 is 1.40 bits per heavy atom. The summed E-state index contributed by atoms with van der Waals surface area (Å²) in [6.07, 6.45) is 1.64. The standard InChI is InChI=1S/C13H12N4O3/c1-9(13-4-2-3-5-15-13)16-20-12-7-10(14)6-11(8-12)17(18)19/h2-8H,14H2,1H3/b16-9+. The van der Waals surface area contributed by atoms with Crippen LogP contribution in [0.25, 0.3) is 0 Å². The molecule has 7 nitrogen and oxygen atoms in total. The molecule has 2 aromatic rings. The van der Waals surface area contributed by atoms with E-state index in [1.54, 1.807) is 25.3 Å². The topological polar surface area (TPSA) is 104 Å². The quantitative estimate of drug-likeness (QED) is 0.398. The minimum absolute atomic E-state index is 0.148. The van der Waals surface area contributed by atoms with Gasteiger partial charge in [0.25, 0.3) is 5.69 Å². The first-order chi connectivity index (χ1) is 9.56. The first-order valence-corrected chi connectivity index (χ1v) is 5.74. The lowest BCUT2D eigenvalue weighted by Crippen LogP contribution is -2.00. The third kappa shape index (κ3) is 3.29. The number of aromatic nitrogens is 1. The highest BCUT2D eigenvalue weighted by atomic mass is 16.6. The molecule has 20 heavy (non-hydrogen) atoms. The number of oxime groups is 1. The number of hydrogen-bond acceptors (Lipinski definition) is 6. The van der Waals surface area contributed by atoms with Crippen molar-refractivity contribution in [3.63, 3.8) is 0 Å². The van der Waals surface area contributed by atoms with E-state index >= 15 is 0 Å². The zero-order valence-electron chi connectivity index (χ0n) is 10.7. The zero-order chi connectivity index (χ0) is 14.5. The van der Waals surface area contributed by atoms with Gasteiger partial charge in [-0.2, -0.15) is 0 Å². The second-order valence-corrected chi connectivity index (χ2v) is 4.00. The molecule has 0 fully saturated rings. The number of nitrogen functional groups attached to an aromatic ring is 1. The van der Waals surface area contributed by atoms with Crippen molar-refractivity contribution >= 4 is 17.1 Å². The van der Waals surface area contributed by atoms with E-state index in [1.165, 1.54) is 18.2 Å². The van der Waals surface area contributed by atoms with Crippen molar-refractivity contribution in [1.82, 2.24) is 4.98 Å². The van der Waals surface area contributed by atoms with E-state index in [1.807, 2.05) is 6.07 Å². The molecule has 2 rings (SSSR count). The molecule has 1 aromatic heterocycles. The maximum atomic E-state index is 10.7. The van der Waals surface area contributed by atoms with Gasteiger partial charge in [0.15, 0.2) is 5.75 Å². The Balaban J connectivity index is 2.20. The Morgan fingerprint density at radius 3 is 2.85 bits per heavy atom. The first kappa shape index (κ1) is 13.5. The third-order valence-corrected chi connectivity index (χ3v) is 2.45. The van der Waals surface area contributed by atoms with Gasteiger partial charge in [-0.05, 0) is 19.1 Å². The maximum absolute atomic E-state index is 10.7. The van der Waals surface area contributed by atoms with Gasteiger partial charge in [0.05, 0.1) is 16.7 Å². The highest BCUT2D eigenvalue weighted by molar-refractivity contribution is 5.96. The smallest absolute Gasteiger partial charge is 0.275 e. The molecular weight excluding hydrogens is 260 g/mol. The van der Waals surface area contributed by atoms with Crippen LogP contribution in [-0.4, -0.2) is 15.6 Å². The highest BCUT2D eigenvalue weighted by Gasteiger charge is 2.09. The van der Waals surface area contributed by atoms with E-state index in [0.717, 1.165) is 0 Å². The number of anilines is 1. The summed E-state index contributed by atoms with van der Waals surface area (Å²) < 4.78 is 0. The van der Waals surface area contributed by atoms with Crippen molar-refractivity contribution < 1.29 is 9.76 Å². The minimum Gasteiger partial charge on any atom is -0.398 e. The normalized spacial score (nSPS) is 11.2. The van der Waals surface area contributed by atoms with Crippen molar-refractivity contribution in [2.75, 3.05) is 5.73 Å². The SMILES string of the molecule is C/C(=N\Oc1cc(N)cc([N+](=O)[O-])c1)c1ccccn1. The van der Waals surface area contributed by atoms with E-state index < -0.39 is 4.92 Å². The fraction of sp³-hybridized carbons (Fsp3) is 0.0769. The minimum atomic E-state index is -0.543. The number of hydrogen-bond donors (Lipinski definition) is 1. The Kier molecular flexibility index (Phi) is 3.90. The summed E-state index contributed by atoms with van der Waals surface area (Å²) in [5.41, 5.74) is 6.87. The Hall–Kier alpha value is -2.96. The lowest BCUT2D eigenvalue weighted by Gasteiger charge is -2.02. The number of non-ortho nitro benzene ring substituents is 1. The zero-order valence-corrected chi connectivity index (χ0v) is 10.7. The van der Waals surface area contributed by atoms with E-state index in [9.17, 15) is 10.1 Å². The Bertz CT molecular complexity index is 656. The van der Waals surface area contributed by atoms with Gasteiger partial charge >= 0.3 is 0 Å². The summed E-state index contributed by atoms with van der Waals surface area (Å²) in [5, 5.41) is 14.6. The lowest BCUT2D eigenvalue weighted by atomic mass is 10.2. The number of nitrogens with two attached hydrogens (primary N) is 1. The van der Waals surface area contributed by atoms with Crippen LogP contribution in [0.1, 0.15) is 12.6 Å². The van der Waals surface area contributed by atoms with Crippen LogP contribution < -0.4 is 10.6 Å². The second-order valence-electron chi connectivity index (χ2n) is 4.00. The maximum Gasteiger partial charge on any atom is 0.275 e. The molecule has 0 radical (unpaired) electrons. The molecule has 7 heteroatoms. The van der Waals surface area contributed by atoms with Gasteiger partial charge in [0.1, 0.15) is 5.71 Å². The second kappa shape index (κ2) is 5.79. The predicted molar refractivity (Wildman–Crippen MR) is 74.6 cm³/mol. The largest absolute Gasteiger partial charge is 0.398 e. The van der Waals surface area contributed by atoms with Gasteiger partial charge in [-0.1, -0.05) is 11.2 Å². The van der Waals surface area contributed by atoms with E-state index in [0.29, 0.717) is 11.4 Å². The number of nitro groups is 1. The predicted octanol–water partition coefficient (Wildman–Crippen LogP) is 2.38. The van der Waals surface area contributed by atoms with Gasteiger partial charge in [0.2, 0.25) is 0 Å². The van der Waals surface area contributed by atoms with Crippen molar-refractivity contribution in [3.8, 4) is 5.75 Å². The van der Waals surface area contributed by atoms with Gasteiger partial charge in [0, 0.05) is 24.0 Å². The van der Waals surface area contributed by atoms with Crippen LogP contribution in [0.3, 0.4) is 0 Å². The van der Waals surface area contributed by atoms with E-state index in [4.69, 9.17) is 10.6 Å². The van der Waals surface area contributed by atoms with Crippen LogP contribution in [0, 0.1) is 10.1 Å². The first-order valence-electron chi connectivity index (χ1n) is 5.74. The number of benzene rings is 1. The summed E-state index contributed by atoms with van der Waals surface area (Å²) in [4.78, 5) is 19.4. The molecule has 1 aromatic carbocycles. The lowest BCUT2D eigenvalue weighted by molar-refractivity contribution is -0.384. The van der Waals surface area contributed by atoms with Crippen LogP contribution >= 0.6 is 0 Å². The molecule has 102 valence electrons. The summed E-state index contributed by atoms with van der Waals surface area (Å²) in [7, 11) is 0. The fourth-order valence-corrected chi connectivity index (χ4v) is 1.51. The number of nitrogens with zero attached hydrogens (tertiary/aromatic N) is 3. The summed E-state index contributed by atoms with van der Waals surface area (Å²) in [6, 6.07) is 9.37. The van der Waals surface area contributed by atoms with Gasteiger partial charge in [-0.3, -0.25) is 15.1 Å². The van der Waals surface area contributed by atoms with Crippen LogP contribution in [-0.2, 0) is 0 Å². The molecule has 0 aliphatic carbocycles. The van der Waals surface area contributed by atoms with Crippen LogP contribution in [0.15, 0.2) is 47.8 Å². The number of rotatable bonds is 4. The van der Waals surface area contributed by atoms with Gasteiger partial charge < -0.3 is 10.6 Å². The van der Waals surface area contributed by atoms with Crippen LogP contribution in [0.2, 0.25) is 0 Å². The molecule has 0 aliphatic rings. The molecule has 0 unspecified atom stereocenters. The van der Waals surface area contributed by atoms with Crippen molar-refractivity contribution in [2.45, 2.75) is 6.92 Å². The molecule has 0 saturated carbocycles. The Labute approximate surface area is 114 Å². The summed E-state index contributed by atoms with van der Waals surface area (Å²) in [5.74, 6) is 0.201. The average Bonchev–Trinajstić information content (AvgIpc) is 2.45. The fourth-order valence-electron chi connectivity index (χ4n) is 1.51. The highest BCUT2D eigenvalue weighted by Crippen LogP contribution is 2.24. The van der Waals surface area contributed by atoms with E-state index in [2.05, 4.69) is 10.1 Å². The molecule has 0 bridgehead atoms. The number of pyridine rings is 1. The molecule has 0 amide bonds. The van der Waals surface area contributed by atoms with Crippen molar-refractivity contribution in [3.05, 3.63) is 58.4 Å². The number of nitro benzene ring substituents is 1. The van der Waals surface area contributed by atoms with Crippen LogP contribution in [0.4, 0.5) is 11.4 Å². The van der Waals surface area contributed by atoms with Crippen LogP contribution in [0.5, 0.6) is 5.75 Å². The molecule has 0 spiro atoms. The average molecular weight is 272 g/mol. The monoisotopic (exact) mass is 272 g/mol. The van der Waals surface area contributed by atoms with Gasteiger partial charge in [-0.25, -0.2) is 0 Å². The molecule has 0 atom stereocenters. The molecular formula is C13H12N4O3. The summed E-state index contributed by atoms with van der Waals surface area (Å²) >= 11 is 0. The van der Waals surface area contributed by atoms with Crippen molar-refractivity contribution in [2.24, 2.45) is 5.16 Å². The Morgan fingerprint density at radius 2 is 2.20 bits per heavy atom. The molecule has 0 aliphatic heterocycles. The van der Waals surface area contributed by atoms with Crippen molar-refractivity contribution in [1.29, 1.82) is 0 Å². The molecule has 0 saturated heterocycles.